The number of carbonyl (C=O) groups is 3. The van der Waals surface area contributed by atoms with Gasteiger partial charge in [-0.3, -0.25) is 9.59 Å². The van der Waals surface area contributed by atoms with Crippen LogP contribution < -0.4 is 5.63 Å². The van der Waals surface area contributed by atoms with E-state index in [0.717, 1.165) is 10.9 Å². The van der Waals surface area contributed by atoms with Crippen molar-refractivity contribution in [2.75, 3.05) is 20.3 Å². The Labute approximate surface area is 254 Å². The lowest BCUT2D eigenvalue weighted by molar-refractivity contribution is -0.148. The SMILES string of the molecule is COC1=C[C@@H]2C(=O)N(CCCOC(=O)c3ccccc3Cc3cc4ccccc4c(=O)o3)[C@H](C1=O)[C@H](c1ccccc1)[C@H]2C. The maximum absolute atomic E-state index is 13.6. The van der Waals surface area contributed by atoms with Gasteiger partial charge in [-0.25, -0.2) is 9.59 Å². The number of fused-ring (bicyclic) bond motifs is 4. The summed E-state index contributed by atoms with van der Waals surface area (Å²) in [7, 11) is 1.45. The molecule has 3 aromatic carbocycles. The summed E-state index contributed by atoms with van der Waals surface area (Å²) in [5.41, 5.74) is 1.61. The summed E-state index contributed by atoms with van der Waals surface area (Å²) in [5, 5.41) is 1.27. The Hall–Kier alpha value is -4.98. The van der Waals surface area contributed by atoms with Gasteiger partial charge in [0.05, 0.1) is 30.6 Å². The minimum Gasteiger partial charge on any atom is -0.493 e. The Balaban J connectivity index is 1.15. The summed E-state index contributed by atoms with van der Waals surface area (Å²) in [6.45, 7) is 2.32. The van der Waals surface area contributed by atoms with Crippen molar-refractivity contribution in [3.05, 3.63) is 130 Å². The fourth-order valence-electron chi connectivity index (χ4n) is 6.57. The van der Waals surface area contributed by atoms with Crippen molar-refractivity contribution < 1.29 is 28.3 Å². The van der Waals surface area contributed by atoms with Crippen LogP contribution in [0.4, 0.5) is 0 Å². The predicted molar refractivity (Wildman–Crippen MR) is 164 cm³/mol. The molecule has 0 unspecified atom stereocenters. The highest BCUT2D eigenvalue weighted by atomic mass is 16.5. The van der Waals surface area contributed by atoms with Crippen molar-refractivity contribution in [2.45, 2.75) is 31.7 Å². The van der Waals surface area contributed by atoms with Crippen LogP contribution in [0.5, 0.6) is 0 Å². The fraction of sp³-hybridized carbons (Fsp3) is 0.278. The highest BCUT2D eigenvalue weighted by Crippen LogP contribution is 2.45. The second kappa shape index (κ2) is 12.3. The van der Waals surface area contributed by atoms with Crippen molar-refractivity contribution >= 4 is 28.4 Å². The van der Waals surface area contributed by atoms with E-state index in [0.29, 0.717) is 28.7 Å². The van der Waals surface area contributed by atoms with Gasteiger partial charge in [-0.05, 0) is 53.1 Å². The quantitative estimate of drug-likeness (QED) is 0.193. The number of hydrogen-bond acceptors (Lipinski definition) is 7. The van der Waals surface area contributed by atoms with Gasteiger partial charge in [0, 0.05) is 18.9 Å². The van der Waals surface area contributed by atoms with Crippen LogP contribution in [-0.2, 0) is 25.5 Å². The summed E-state index contributed by atoms with van der Waals surface area (Å²) in [4.78, 5) is 54.5. The first kappa shape index (κ1) is 29.1. The van der Waals surface area contributed by atoms with Crippen LogP contribution in [0.3, 0.4) is 0 Å². The number of rotatable bonds is 9. The van der Waals surface area contributed by atoms with Crippen molar-refractivity contribution in [3.8, 4) is 0 Å². The molecule has 0 saturated carbocycles. The summed E-state index contributed by atoms with van der Waals surface area (Å²) < 4.78 is 16.6. The van der Waals surface area contributed by atoms with Crippen molar-refractivity contribution in [3.63, 3.8) is 0 Å². The highest BCUT2D eigenvalue weighted by Gasteiger charge is 2.52. The third kappa shape index (κ3) is 5.43. The lowest BCUT2D eigenvalue weighted by Gasteiger charge is -2.45. The van der Waals surface area contributed by atoms with Crippen LogP contribution in [0, 0.1) is 11.8 Å². The maximum Gasteiger partial charge on any atom is 0.343 e. The van der Waals surface area contributed by atoms with E-state index in [2.05, 4.69) is 0 Å². The number of ether oxygens (including phenoxy) is 2. The molecule has 1 aliphatic carbocycles. The summed E-state index contributed by atoms with van der Waals surface area (Å²) in [6, 6.07) is 25.1. The molecule has 7 rings (SSSR count). The lowest BCUT2D eigenvalue weighted by Crippen LogP contribution is -2.56. The molecule has 1 fully saturated rings. The molecule has 4 atom stereocenters. The molecule has 1 saturated heterocycles. The lowest BCUT2D eigenvalue weighted by atomic mass is 9.71. The van der Waals surface area contributed by atoms with E-state index in [-0.39, 0.29) is 48.9 Å². The third-order valence-corrected chi connectivity index (χ3v) is 8.72. The first-order chi connectivity index (χ1) is 21.4. The summed E-state index contributed by atoms with van der Waals surface area (Å²) >= 11 is 0. The number of esters is 1. The summed E-state index contributed by atoms with van der Waals surface area (Å²) in [5.74, 6) is -0.975. The van der Waals surface area contributed by atoms with E-state index < -0.39 is 23.6 Å². The van der Waals surface area contributed by atoms with E-state index in [1.54, 1.807) is 47.4 Å². The largest absolute Gasteiger partial charge is 0.493 e. The predicted octanol–water partition coefficient (Wildman–Crippen LogP) is 5.29. The zero-order valence-corrected chi connectivity index (χ0v) is 24.6. The molecule has 3 aliphatic rings. The van der Waals surface area contributed by atoms with Crippen LogP contribution in [-0.4, -0.2) is 48.9 Å². The van der Waals surface area contributed by atoms with Gasteiger partial charge in [0.2, 0.25) is 11.7 Å². The first-order valence-corrected chi connectivity index (χ1v) is 14.8. The minimum absolute atomic E-state index is 0.0592. The molecule has 8 nitrogen and oxygen atoms in total. The Morgan fingerprint density at radius 3 is 2.45 bits per heavy atom. The normalized spacial score (nSPS) is 21.2. The number of methoxy groups -OCH3 is 1. The van der Waals surface area contributed by atoms with E-state index in [1.807, 2.05) is 55.5 Å². The number of carbonyl (C=O) groups excluding carboxylic acids is 3. The molecule has 224 valence electrons. The fourth-order valence-corrected chi connectivity index (χ4v) is 6.57. The van der Waals surface area contributed by atoms with Gasteiger partial charge in [0.1, 0.15) is 11.8 Å². The molecular formula is C36H33NO7. The molecular weight excluding hydrogens is 558 g/mol. The number of benzene rings is 3. The van der Waals surface area contributed by atoms with Crippen molar-refractivity contribution in [1.82, 2.24) is 4.90 Å². The van der Waals surface area contributed by atoms with Gasteiger partial charge >= 0.3 is 11.6 Å². The average Bonchev–Trinajstić information content (AvgIpc) is 3.21. The molecule has 2 aliphatic heterocycles. The Morgan fingerprint density at radius 2 is 1.66 bits per heavy atom. The number of piperidine rings is 1. The number of ketones is 1. The zero-order chi connectivity index (χ0) is 30.8. The monoisotopic (exact) mass is 591 g/mol. The first-order valence-electron chi connectivity index (χ1n) is 14.8. The molecule has 3 heterocycles. The van der Waals surface area contributed by atoms with Gasteiger partial charge in [0.15, 0.2) is 5.76 Å². The molecule has 2 bridgehead atoms. The standard InChI is InChI=1S/C36H33NO7/c1-22-29-21-30(42-2)33(38)32(31(22)23-11-4-3-5-12-23)37(34(29)39)17-10-18-43-35(40)27-15-8-6-13-24(27)19-26-20-25-14-7-9-16-28(25)36(41)44-26/h3-9,11-16,20-22,29,31-32H,10,17-19H2,1-2H3/t22-,29-,31-,32-/m0/s1. The van der Waals surface area contributed by atoms with Crippen LogP contribution in [0.25, 0.3) is 10.8 Å². The molecule has 4 aromatic rings. The maximum atomic E-state index is 13.6. The van der Waals surface area contributed by atoms with E-state index >= 15 is 0 Å². The van der Waals surface area contributed by atoms with Gasteiger partial charge in [-0.15, -0.1) is 0 Å². The van der Waals surface area contributed by atoms with E-state index in [4.69, 9.17) is 13.9 Å². The number of amides is 1. The molecule has 0 radical (unpaired) electrons. The van der Waals surface area contributed by atoms with Crippen LogP contribution in [0.1, 0.15) is 46.5 Å². The summed E-state index contributed by atoms with van der Waals surface area (Å²) in [6.07, 6.45) is 2.26. The Bertz CT molecular complexity index is 1810. The molecule has 0 N–H and O–H groups in total. The number of nitrogens with zero attached hydrogens (tertiary/aromatic N) is 1. The second-order valence-corrected chi connectivity index (χ2v) is 11.3. The second-order valence-electron chi connectivity index (χ2n) is 11.3. The molecule has 44 heavy (non-hydrogen) atoms. The smallest absolute Gasteiger partial charge is 0.343 e. The van der Waals surface area contributed by atoms with Crippen molar-refractivity contribution in [2.24, 2.45) is 11.8 Å². The van der Waals surface area contributed by atoms with E-state index in [9.17, 15) is 19.2 Å². The zero-order valence-electron chi connectivity index (χ0n) is 24.6. The van der Waals surface area contributed by atoms with Crippen molar-refractivity contribution in [1.29, 1.82) is 0 Å². The Kier molecular flexibility index (Phi) is 8.15. The highest BCUT2D eigenvalue weighted by molar-refractivity contribution is 6.04. The molecule has 8 heteroatoms. The third-order valence-electron chi connectivity index (χ3n) is 8.72. The van der Waals surface area contributed by atoms with Gasteiger partial charge in [-0.2, -0.15) is 0 Å². The van der Waals surface area contributed by atoms with Gasteiger partial charge in [0.25, 0.3) is 0 Å². The number of Topliss-reactive ketones (excluding diaryl/α,β-unsaturated/α-hetero) is 1. The number of hydrogen-bond donors (Lipinski definition) is 0. The molecule has 0 spiro atoms. The average molecular weight is 592 g/mol. The van der Waals surface area contributed by atoms with Crippen LogP contribution in [0.15, 0.2) is 106 Å². The minimum atomic E-state index is -0.710. The molecule has 1 aromatic heterocycles. The molecule has 1 amide bonds. The Morgan fingerprint density at radius 1 is 0.932 bits per heavy atom. The van der Waals surface area contributed by atoms with Gasteiger partial charge in [-0.1, -0.05) is 73.7 Å². The van der Waals surface area contributed by atoms with Crippen LogP contribution >= 0.6 is 0 Å². The van der Waals surface area contributed by atoms with Gasteiger partial charge < -0.3 is 18.8 Å². The topological polar surface area (TPSA) is 103 Å². The van der Waals surface area contributed by atoms with E-state index in [1.165, 1.54) is 7.11 Å². The van der Waals surface area contributed by atoms with Crippen LogP contribution in [0.2, 0.25) is 0 Å².